The number of rotatable bonds is 24. The van der Waals surface area contributed by atoms with Crippen molar-refractivity contribution in [1.29, 1.82) is 0 Å². The van der Waals surface area contributed by atoms with E-state index < -0.39 is 69.2 Å². The summed E-state index contributed by atoms with van der Waals surface area (Å²) in [5.74, 6) is 0.223. The molecule has 0 bridgehead atoms. The number of carbonyl (C=O) groups excluding carboxylic acids is 4. The molecule has 4 atom stereocenters. The smallest absolute Gasteiger partial charge is 0.236 e. The minimum atomic E-state index is -1.97. The van der Waals surface area contributed by atoms with Crippen molar-refractivity contribution in [1.82, 2.24) is 21.3 Å². The molecule has 0 unspecified atom stereocenters. The molecule has 4 aliphatic carbocycles. The molecule has 572 valence electrons. The molecule has 12 aromatic carbocycles. The topological polar surface area (TPSA) is 234 Å². The summed E-state index contributed by atoms with van der Waals surface area (Å²) < 4.78 is 22.9. The first-order valence-electron chi connectivity index (χ1n) is 39.0. The minimum absolute atomic E-state index is 0.211. The van der Waals surface area contributed by atoms with Crippen molar-refractivity contribution in [2.45, 2.75) is 136 Å². The summed E-state index contributed by atoms with van der Waals surface area (Å²) in [4.78, 5) is 61.0. The van der Waals surface area contributed by atoms with Crippen LogP contribution in [-0.4, -0.2) is 83.7 Å². The SMILES string of the molecule is COc1cccc(C(O)(c2cccc(OC)c2)[C@@H](NC(=O)C2(C(=O)N[C@@H](c3cccc4ccccc34)C(O)(c3cccc(OC)c3)c3cccc(OC)c3)CCCCC2)c2cccc3ccccc23)c1.O=C(N[C@@H](c1cccc2ccccc12)C1(O)CC1)C1(C(=O)N[C@@H](c2cccc3ccccc23)C2(O)CC2)CCCCC1. The summed E-state index contributed by atoms with van der Waals surface area (Å²) in [5, 5.41) is 71.3. The summed E-state index contributed by atoms with van der Waals surface area (Å²) >= 11 is 0. The van der Waals surface area contributed by atoms with Gasteiger partial charge < -0.3 is 60.6 Å². The van der Waals surface area contributed by atoms with Gasteiger partial charge >= 0.3 is 0 Å². The molecule has 0 saturated heterocycles. The first-order valence-corrected chi connectivity index (χ1v) is 39.0. The van der Waals surface area contributed by atoms with E-state index in [9.17, 15) is 30.0 Å². The van der Waals surface area contributed by atoms with Crippen molar-refractivity contribution in [3.8, 4) is 23.0 Å². The van der Waals surface area contributed by atoms with Crippen LogP contribution >= 0.6 is 0 Å². The minimum Gasteiger partial charge on any atom is -0.497 e. The maximum absolute atomic E-state index is 16.1. The number of hydrogen-bond donors (Lipinski definition) is 8. The predicted molar refractivity (Wildman–Crippen MR) is 437 cm³/mol. The van der Waals surface area contributed by atoms with Crippen LogP contribution in [0.1, 0.15) is 159 Å². The van der Waals surface area contributed by atoms with Gasteiger partial charge in [0, 0.05) is 0 Å². The van der Waals surface area contributed by atoms with Crippen LogP contribution in [0, 0.1) is 10.8 Å². The predicted octanol–water partition coefficient (Wildman–Crippen LogP) is 16.9. The van der Waals surface area contributed by atoms with E-state index in [1.165, 1.54) is 0 Å². The fraction of sp³-hybridized carbons (Fsp3) is 0.292. The highest BCUT2D eigenvalue weighted by Crippen LogP contribution is 2.53. The molecule has 16 nitrogen and oxygen atoms in total. The zero-order valence-corrected chi connectivity index (χ0v) is 63.7. The first-order chi connectivity index (χ1) is 54.4. The third kappa shape index (κ3) is 14.5. The Hall–Kier alpha value is -11.4. The number of hydrogen-bond acceptors (Lipinski definition) is 12. The monoisotopic (exact) mass is 1500 g/mol. The van der Waals surface area contributed by atoms with Gasteiger partial charge in [0.05, 0.1) is 63.8 Å². The van der Waals surface area contributed by atoms with E-state index in [2.05, 4.69) is 21.3 Å². The average molecular weight is 1500 g/mol. The van der Waals surface area contributed by atoms with Gasteiger partial charge in [0.1, 0.15) is 45.0 Å². The van der Waals surface area contributed by atoms with Crippen LogP contribution in [0.25, 0.3) is 43.1 Å². The van der Waals surface area contributed by atoms with Gasteiger partial charge in [-0.3, -0.25) is 19.2 Å². The van der Waals surface area contributed by atoms with Crippen molar-refractivity contribution < 1.29 is 58.6 Å². The Kier molecular flexibility index (Phi) is 21.6. The second-order valence-corrected chi connectivity index (χ2v) is 30.9. The van der Waals surface area contributed by atoms with Crippen molar-refractivity contribution in [2.75, 3.05) is 28.4 Å². The summed E-state index contributed by atoms with van der Waals surface area (Å²) in [6, 6.07) is 80.2. The standard InChI is InChI=1S/C60H58N2O8.C36H38N2O4/c1-67-46-26-14-22-42(36-46)59(65,43-23-15-27-47(37-43)68-2)54(52-32-12-20-40-18-6-8-30-50(40)52)61-56(63)58(34-10-5-11-35-58)57(64)62-55(53-33-13-21-41-19-7-9-31-51(41)53)60(66,44-24-16-28-48(38-44)69-3)45-25-17-29-49(39-45)70-4;39-32(37-30(35(41)20-21-35)28-16-8-12-24-10-2-4-14-26(24)28)34(18-6-1-7-19-34)33(40)38-31(36(42)22-23-36)29-17-9-13-25-11-3-5-15-27(25)29/h6-9,12-33,36-39,54-55,65-66H,5,10-11,34-35H2,1-4H3,(H,61,63)(H,62,64);2-5,8-17,30-31,41-42H,1,6-7,18-23H2,(H,37,39)(H,38,40)/t54-,55-;30-,31-/m00/s1. The number of benzene rings is 12. The van der Waals surface area contributed by atoms with Gasteiger partial charge in [-0.25, -0.2) is 0 Å². The Morgan fingerprint density at radius 3 is 0.821 bits per heavy atom. The van der Waals surface area contributed by atoms with Crippen LogP contribution in [0.2, 0.25) is 0 Å². The highest BCUT2D eigenvalue weighted by Gasteiger charge is 2.57. The molecule has 0 aliphatic heterocycles. The Labute approximate surface area is 653 Å². The third-order valence-electron chi connectivity index (χ3n) is 24.3. The first kappa shape index (κ1) is 76.0. The fourth-order valence-electron chi connectivity index (χ4n) is 17.6. The van der Waals surface area contributed by atoms with E-state index in [1.54, 1.807) is 101 Å². The highest BCUT2D eigenvalue weighted by molar-refractivity contribution is 6.07. The van der Waals surface area contributed by atoms with E-state index in [0.29, 0.717) is 108 Å². The lowest BCUT2D eigenvalue weighted by molar-refractivity contribution is -0.150. The number of fused-ring (bicyclic) bond motifs is 4. The molecule has 16 rings (SSSR count). The number of aliphatic hydroxyl groups is 4. The van der Waals surface area contributed by atoms with Crippen molar-refractivity contribution in [3.05, 3.63) is 311 Å². The van der Waals surface area contributed by atoms with Gasteiger partial charge in [-0.2, -0.15) is 0 Å². The molecular formula is C96H96N4O12. The van der Waals surface area contributed by atoms with Crippen LogP contribution < -0.4 is 40.2 Å². The number of ether oxygens (including phenoxy) is 4. The number of methoxy groups -OCH3 is 4. The van der Waals surface area contributed by atoms with E-state index in [1.807, 2.05) is 194 Å². The zero-order valence-electron chi connectivity index (χ0n) is 63.7. The molecule has 0 spiro atoms. The van der Waals surface area contributed by atoms with Crippen molar-refractivity contribution in [2.24, 2.45) is 10.8 Å². The van der Waals surface area contributed by atoms with Gasteiger partial charge in [-0.15, -0.1) is 0 Å². The molecular weight excluding hydrogens is 1400 g/mol. The molecule has 12 aromatic rings. The van der Waals surface area contributed by atoms with Crippen molar-refractivity contribution in [3.63, 3.8) is 0 Å². The van der Waals surface area contributed by atoms with Gasteiger partial charge in [-0.1, -0.05) is 257 Å². The molecule has 4 aliphatic rings. The van der Waals surface area contributed by atoms with Crippen LogP contribution in [-0.2, 0) is 30.4 Å². The summed E-state index contributed by atoms with van der Waals surface area (Å²) in [6.07, 6.45) is 8.17. The molecule has 0 aromatic heterocycles. The fourth-order valence-corrected chi connectivity index (χ4v) is 17.6. The summed E-state index contributed by atoms with van der Waals surface area (Å²) in [6.45, 7) is 0. The lowest BCUT2D eigenvalue weighted by Gasteiger charge is -2.44. The van der Waals surface area contributed by atoms with Gasteiger partial charge in [0.2, 0.25) is 23.6 Å². The lowest BCUT2D eigenvalue weighted by atomic mass is 9.70. The van der Waals surface area contributed by atoms with Crippen LogP contribution in [0.4, 0.5) is 0 Å². The van der Waals surface area contributed by atoms with Gasteiger partial charge in [0.15, 0.2) is 0 Å². The Balaban J connectivity index is 0.000000200. The third-order valence-corrected chi connectivity index (χ3v) is 24.3. The van der Waals surface area contributed by atoms with Crippen LogP contribution in [0.5, 0.6) is 23.0 Å². The second kappa shape index (κ2) is 31.8. The zero-order chi connectivity index (χ0) is 77.8. The van der Waals surface area contributed by atoms with Gasteiger partial charge in [0.25, 0.3) is 0 Å². The van der Waals surface area contributed by atoms with Crippen LogP contribution in [0.3, 0.4) is 0 Å². The maximum Gasteiger partial charge on any atom is 0.236 e. The molecule has 4 fully saturated rings. The molecule has 0 heterocycles. The molecule has 4 saturated carbocycles. The second-order valence-electron chi connectivity index (χ2n) is 30.9. The highest BCUT2D eigenvalue weighted by atomic mass is 16.5. The number of amides is 4. The van der Waals surface area contributed by atoms with E-state index in [-0.39, 0.29) is 24.7 Å². The Morgan fingerprint density at radius 2 is 0.545 bits per heavy atom. The average Bonchev–Trinajstić information content (AvgIpc) is 1.19. The van der Waals surface area contributed by atoms with Gasteiger partial charge in [-0.05, 0) is 187 Å². The normalized spacial score (nSPS) is 17.1. The van der Waals surface area contributed by atoms with Crippen LogP contribution in [0.15, 0.2) is 267 Å². The summed E-state index contributed by atoms with van der Waals surface area (Å²) in [5.41, 5.74) is -4.21. The lowest BCUT2D eigenvalue weighted by Crippen LogP contribution is -2.57. The Bertz CT molecular complexity index is 5030. The molecule has 8 N–H and O–H groups in total. The Morgan fingerprint density at radius 1 is 0.304 bits per heavy atom. The quantitative estimate of drug-likeness (QED) is 0.0264. The maximum atomic E-state index is 16.1. The molecule has 0 radical (unpaired) electrons. The number of carbonyl (C=O) groups is 4. The van der Waals surface area contributed by atoms with Crippen molar-refractivity contribution >= 4 is 66.7 Å². The summed E-state index contributed by atoms with van der Waals surface area (Å²) in [7, 11) is 6.26. The largest absolute Gasteiger partial charge is 0.497 e. The molecule has 112 heavy (non-hydrogen) atoms. The molecule has 4 amide bonds. The van der Waals surface area contributed by atoms with E-state index in [4.69, 9.17) is 18.9 Å². The number of nitrogens with one attached hydrogen (secondary N) is 4. The van der Waals surface area contributed by atoms with E-state index in [0.717, 1.165) is 79.9 Å². The van der Waals surface area contributed by atoms with E-state index >= 15 is 9.59 Å². The molecule has 16 heteroatoms.